The van der Waals surface area contributed by atoms with Crippen molar-refractivity contribution in [2.75, 3.05) is 36.3 Å². The van der Waals surface area contributed by atoms with Crippen LogP contribution in [0.25, 0.3) is 0 Å². The second-order valence-corrected chi connectivity index (χ2v) is 8.64. The molecule has 3 aromatic rings. The highest BCUT2D eigenvalue weighted by atomic mass is 32.1. The van der Waals surface area contributed by atoms with Gasteiger partial charge < -0.3 is 24.4 Å². The van der Waals surface area contributed by atoms with Crippen molar-refractivity contribution in [2.45, 2.75) is 32.9 Å². The largest absolute Gasteiger partial charge is 0.489 e. The molecule has 3 heterocycles. The van der Waals surface area contributed by atoms with Crippen LogP contribution in [0.4, 0.5) is 21.4 Å². The number of thiazole rings is 1. The number of nitrogens with one attached hydrogen (secondary N) is 2. The van der Waals surface area contributed by atoms with Gasteiger partial charge in [-0.2, -0.15) is 9.97 Å². The van der Waals surface area contributed by atoms with Crippen LogP contribution in [0.5, 0.6) is 17.6 Å². The molecule has 11 heteroatoms. The van der Waals surface area contributed by atoms with Crippen LogP contribution in [0.15, 0.2) is 30.3 Å². The monoisotopic (exact) mass is 470 g/mol. The number of para-hydroxylation sites is 2. The van der Waals surface area contributed by atoms with Crippen molar-refractivity contribution in [2.24, 2.45) is 0 Å². The van der Waals surface area contributed by atoms with Gasteiger partial charge in [0.25, 0.3) is 0 Å². The summed E-state index contributed by atoms with van der Waals surface area (Å²) in [6.45, 7) is 5.22. The average molecular weight is 471 g/mol. The summed E-state index contributed by atoms with van der Waals surface area (Å²) in [5.41, 5.74) is 1.57. The molecule has 2 amide bonds. The lowest BCUT2D eigenvalue weighted by molar-refractivity contribution is 0.243. The number of carbonyl (C=O) groups is 1. The van der Waals surface area contributed by atoms with E-state index in [1.165, 1.54) is 18.4 Å². The first-order valence-electron chi connectivity index (χ1n) is 10.5. The fourth-order valence-electron chi connectivity index (χ4n) is 3.37. The van der Waals surface area contributed by atoms with E-state index in [1.54, 1.807) is 19.2 Å². The van der Waals surface area contributed by atoms with E-state index in [-0.39, 0.29) is 18.1 Å². The number of carbonyl (C=O) groups excluding carboxylic acids is 1. The van der Waals surface area contributed by atoms with E-state index in [4.69, 9.17) is 14.2 Å². The van der Waals surface area contributed by atoms with Crippen molar-refractivity contribution in [3.05, 3.63) is 40.9 Å². The number of aromatic nitrogens is 3. The molecule has 0 radical (unpaired) electrons. The average Bonchev–Trinajstić information content (AvgIpc) is 3.20. The predicted molar refractivity (Wildman–Crippen MR) is 127 cm³/mol. The van der Waals surface area contributed by atoms with Crippen molar-refractivity contribution >= 4 is 34.0 Å². The summed E-state index contributed by atoms with van der Waals surface area (Å²) in [6.07, 6.45) is 0.730. The number of hydrogen-bond acceptors (Lipinski definition) is 9. The van der Waals surface area contributed by atoms with Crippen LogP contribution in [0.2, 0.25) is 0 Å². The molecule has 0 fully saturated rings. The van der Waals surface area contributed by atoms with Crippen LogP contribution in [0.1, 0.15) is 24.4 Å². The molecule has 0 atom stereocenters. The van der Waals surface area contributed by atoms with E-state index in [0.717, 1.165) is 23.5 Å². The second-order valence-electron chi connectivity index (χ2n) is 7.56. The smallest absolute Gasteiger partial charge is 0.325 e. The lowest BCUT2D eigenvalue weighted by atomic mass is 10.2. The van der Waals surface area contributed by atoms with Gasteiger partial charge in [0, 0.05) is 23.9 Å². The lowest BCUT2D eigenvalue weighted by Gasteiger charge is -2.27. The van der Waals surface area contributed by atoms with Crippen LogP contribution >= 0.6 is 11.3 Å². The van der Waals surface area contributed by atoms with Gasteiger partial charge in [0.15, 0.2) is 5.13 Å². The summed E-state index contributed by atoms with van der Waals surface area (Å²) < 4.78 is 16.2. The molecule has 0 saturated heterocycles. The minimum atomic E-state index is -0.372. The number of methoxy groups -OCH3 is 2. The summed E-state index contributed by atoms with van der Waals surface area (Å²) in [5, 5.41) is 6.22. The minimum absolute atomic E-state index is 0.000494. The second kappa shape index (κ2) is 9.90. The molecule has 33 heavy (non-hydrogen) atoms. The summed E-state index contributed by atoms with van der Waals surface area (Å²) in [7, 11) is 3.08. The Morgan fingerprint density at radius 1 is 1.12 bits per heavy atom. The Morgan fingerprint density at radius 3 is 2.70 bits per heavy atom. The molecule has 2 N–H and O–H groups in total. The highest BCUT2D eigenvalue weighted by Crippen LogP contribution is 2.32. The first-order chi connectivity index (χ1) is 15.9. The van der Waals surface area contributed by atoms with E-state index < -0.39 is 0 Å². The minimum Gasteiger partial charge on any atom is -0.489 e. The molecule has 4 rings (SSSR count). The maximum atomic E-state index is 12.6. The molecular weight excluding hydrogens is 444 g/mol. The molecule has 174 valence electrons. The van der Waals surface area contributed by atoms with Gasteiger partial charge in [0.2, 0.25) is 5.88 Å². The van der Waals surface area contributed by atoms with E-state index in [0.29, 0.717) is 34.8 Å². The quantitative estimate of drug-likeness (QED) is 0.534. The third-order valence-corrected chi connectivity index (χ3v) is 5.83. The van der Waals surface area contributed by atoms with E-state index >= 15 is 0 Å². The Kier molecular flexibility index (Phi) is 6.78. The summed E-state index contributed by atoms with van der Waals surface area (Å²) in [6, 6.07) is 8.98. The van der Waals surface area contributed by atoms with Crippen molar-refractivity contribution in [1.29, 1.82) is 0 Å². The maximum absolute atomic E-state index is 12.6. The molecule has 1 aliphatic heterocycles. The van der Waals surface area contributed by atoms with E-state index in [1.807, 2.05) is 32.0 Å². The fourth-order valence-corrected chi connectivity index (χ4v) is 4.39. The molecule has 1 aromatic carbocycles. The van der Waals surface area contributed by atoms with Gasteiger partial charge in [-0.15, -0.1) is 0 Å². The van der Waals surface area contributed by atoms with Gasteiger partial charge in [0.05, 0.1) is 38.2 Å². The lowest BCUT2D eigenvalue weighted by Crippen LogP contribution is -2.30. The number of nitrogens with zero attached hydrogens (tertiary/aromatic N) is 4. The topological polar surface area (TPSA) is 111 Å². The summed E-state index contributed by atoms with van der Waals surface area (Å²) in [5.74, 6) is 1.77. The Labute approximate surface area is 195 Å². The molecule has 2 aromatic heterocycles. The van der Waals surface area contributed by atoms with Gasteiger partial charge in [-0.3, -0.25) is 5.32 Å². The summed E-state index contributed by atoms with van der Waals surface area (Å²) >= 11 is 1.45. The van der Waals surface area contributed by atoms with E-state index in [9.17, 15) is 4.79 Å². The Bertz CT molecular complexity index is 1110. The van der Waals surface area contributed by atoms with Crippen LogP contribution in [-0.4, -0.2) is 47.9 Å². The number of ether oxygens (including phenoxy) is 3. The molecule has 1 aliphatic rings. The Balaban J connectivity index is 1.44. The molecule has 0 spiro atoms. The molecule has 0 aliphatic carbocycles. The van der Waals surface area contributed by atoms with Crippen LogP contribution < -0.4 is 29.7 Å². The fraction of sp³-hybridized carbons (Fsp3) is 0.364. The number of benzene rings is 1. The standard InChI is InChI=1S/C22H26N6O4S/c1-13(2)32-16-8-6-5-7-14(16)23-20(29)27-22-24-15-9-10-28(12-17(15)33-22)18-11-19(30-3)26-21(25-18)31-4/h5-8,11,13H,9-10,12H2,1-4H3,(H2,23,24,27,29). The van der Waals surface area contributed by atoms with Crippen molar-refractivity contribution < 1.29 is 19.0 Å². The first kappa shape index (κ1) is 22.6. The van der Waals surface area contributed by atoms with Gasteiger partial charge >= 0.3 is 12.0 Å². The Morgan fingerprint density at radius 2 is 1.94 bits per heavy atom. The predicted octanol–water partition coefficient (Wildman–Crippen LogP) is 3.94. The van der Waals surface area contributed by atoms with Crippen molar-refractivity contribution in [3.8, 4) is 17.6 Å². The van der Waals surface area contributed by atoms with Crippen LogP contribution in [0.3, 0.4) is 0 Å². The van der Waals surface area contributed by atoms with Crippen LogP contribution in [0, 0.1) is 0 Å². The number of anilines is 3. The van der Waals surface area contributed by atoms with Crippen LogP contribution in [-0.2, 0) is 13.0 Å². The normalized spacial score (nSPS) is 12.8. The zero-order chi connectivity index (χ0) is 23.4. The molecular formula is C22H26N6O4S. The zero-order valence-electron chi connectivity index (χ0n) is 18.9. The van der Waals surface area contributed by atoms with Gasteiger partial charge in [-0.25, -0.2) is 9.78 Å². The van der Waals surface area contributed by atoms with E-state index in [2.05, 4.69) is 30.5 Å². The number of amides is 2. The first-order valence-corrected chi connectivity index (χ1v) is 11.3. The highest BCUT2D eigenvalue weighted by Gasteiger charge is 2.23. The third kappa shape index (κ3) is 5.43. The van der Waals surface area contributed by atoms with Crippen molar-refractivity contribution in [1.82, 2.24) is 15.0 Å². The number of hydrogen-bond donors (Lipinski definition) is 2. The highest BCUT2D eigenvalue weighted by molar-refractivity contribution is 7.15. The number of rotatable bonds is 7. The van der Waals surface area contributed by atoms with Gasteiger partial charge in [-0.1, -0.05) is 23.5 Å². The van der Waals surface area contributed by atoms with Gasteiger partial charge in [0.1, 0.15) is 11.6 Å². The van der Waals surface area contributed by atoms with Gasteiger partial charge in [-0.05, 0) is 26.0 Å². The Hall–Kier alpha value is -3.60. The molecule has 10 nitrogen and oxygen atoms in total. The number of urea groups is 1. The maximum Gasteiger partial charge on any atom is 0.325 e. The third-order valence-electron chi connectivity index (χ3n) is 4.83. The molecule has 0 bridgehead atoms. The molecule has 0 saturated carbocycles. The zero-order valence-corrected chi connectivity index (χ0v) is 19.7. The SMILES string of the molecule is COc1cc(N2CCc3nc(NC(=O)Nc4ccccc4OC(C)C)sc3C2)nc(OC)n1. The van der Waals surface area contributed by atoms with Crippen molar-refractivity contribution in [3.63, 3.8) is 0 Å². The summed E-state index contributed by atoms with van der Waals surface area (Å²) in [4.78, 5) is 29.0. The molecule has 0 unspecified atom stereocenters. The number of fused-ring (bicyclic) bond motifs is 1.